The number of fused-ring (bicyclic) bond motifs is 1. The highest BCUT2D eigenvalue weighted by molar-refractivity contribution is 6.07. The Hall–Kier alpha value is -2.43. The molecule has 1 heterocycles. The first-order chi connectivity index (χ1) is 9.41. The third-order valence-electron chi connectivity index (χ3n) is 3.33. The summed E-state index contributed by atoms with van der Waals surface area (Å²) in [5.41, 5.74) is 1.93. The Kier molecular flexibility index (Phi) is 3.70. The molecule has 0 aliphatic heterocycles. The Balaban J connectivity index is 2.52. The summed E-state index contributed by atoms with van der Waals surface area (Å²) < 4.78 is 0. The fraction of sp³-hybridized carbons (Fsp3) is 0.267. The Bertz CT molecular complexity index is 682. The van der Waals surface area contributed by atoms with Gasteiger partial charge in [0.1, 0.15) is 6.04 Å². The average Bonchev–Trinajstić information content (AvgIpc) is 2.43. The highest BCUT2D eigenvalue weighted by Crippen LogP contribution is 2.20. The van der Waals surface area contributed by atoms with Crippen LogP contribution < -0.4 is 0 Å². The molecule has 20 heavy (non-hydrogen) atoms. The predicted octanol–water partition coefficient (Wildman–Crippen LogP) is 2.09. The molecule has 2 aromatic rings. The molecule has 0 saturated heterocycles. The number of rotatable bonds is 3. The number of carboxylic acids is 1. The van der Waals surface area contributed by atoms with E-state index in [0.29, 0.717) is 5.56 Å². The van der Waals surface area contributed by atoms with E-state index in [9.17, 15) is 9.59 Å². The van der Waals surface area contributed by atoms with Crippen LogP contribution in [0, 0.1) is 6.92 Å². The van der Waals surface area contributed by atoms with E-state index in [1.807, 2.05) is 31.2 Å². The van der Waals surface area contributed by atoms with Crippen LogP contribution >= 0.6 is 0 Å². The fourth-order valence-corrected chi connectivity index (χ4v) is 2.02. The lowest BCUT2D eigenvalue weighted by molar-refractivity contribution is -0.141. The molecule has 0 aliphatic carbocycles. The topological polar surface area (TPSA) is 70.5 Å². The van der Waals surface area contributed by atoms with Gasteiger partial charge in [-0.25, -0.2) is 4.79 Å². The maximum absolute atomic E-state index is 12.5. The molecule has 0 bridgehead atoms. The maximum Gasteiger partial charge on any atom is 0.326 e. The van der Waals surface area contributed by atoms with Gasteiger partial charge in [0.05, 0.1) is 11.1 Å². The van der Waals surface area contributed by atoms with E-state index < -0.39 is 12.0 Å². The summed E-state index contributed by atoms with van der Waals surface area (Å²) in [5.74, 6) is -1.35. The van der Waals surface area contributed by atoms with Gasteiger partial charge in [-0.2, -0.15) is 0 Å². The van der Waals surface area contributed by atoms with Gasteiger partial charge in [0.25, 0.3) is 5.91 Å². The zero-order valence-corrected chi connectivity index (χ0v) is 11.6. The van der Waals surface area contributed by atoms with Crippen LogP contribution in [-0.4, -0.2) is 40.0 Å². The van der Waals surface area contributed by atoms with Crippen molar-refractivity contribution in [3.63, 3.8) is 0 Å². The van der Waals surface area contributed by atoms with E-state index in [0.717, 1.165) is 16.6 Å². The molecule has 0 aliphatic rings. The molecule has 0 spiro atoms. The number of aliphatic carboxylic acids is 1. The minimum absolute atomic E-state index is 0.318. The van der Waals surface area contributed by atoms with E-state index in [1.54, 1.807) is 6.07 Å². The van der Waals surface area contributed by atoms with E-state index in [2.05, 4.69) is 4.98 Å². The molecule has 1 aromatic carbocycles. The van der Waals surface area contributed by atoms with Crippen LogP contribution in [-0.2, 0) is 4.79 Å². The van der Waals surface area contributed by atoms with Crippen LogP contribution in [0.1, 0.15) is 23.0 Å². The average molecular weight is 272 g/mol. The van der Waals surface area contributed by atoms with E-state index in [1.165, 1.54) is 18.9 Å². The SMILES string of the molecule is Cc1cc(C(=O)N(C)C(C)C(=O)O)c2ccccc2n1. The Morgan fingerprint density at radius 3 is 2.60 bits per heavy atom. The number of hydrogen-bond donors (Lipinski definition) is 1. The summed E-state index contributed by atoms with van der Waals surface area (Å²) in [4.78, 5) is 29.1. The van der Waals surface area contributed by atoms with Crippen molar-refractivity contribution in [2.45, 2.75) is 19.9 Å². The van der Waals surface area contributed by atoms with Crippen LogP contribution in [0.4, 0.5) is 0 Å². The summed E-state index contributed by atoms with van der Waals surface area (Å²) in [5, 5.41) is 9.74. The first-order valence-corrected chi connectivity index (χ1v) is 6.28. The molecular weight excluding hydrogens is 256 g/mol. The molecule has 0 radical (unpaired) electrons. The van der Waals surface area contributed by atoms with Gasteiger partial charge in [-0.1, -0.05) is 18.2 Å². The van der Waals surface area contributed by atoms with Crippen LogP contribution in [0.3, 0.4) is 0 Å². The van der Waals surface area contributed by atoms with E-state index >= 15 is 0 Å². The van der Waals surface area contributed by atoms with Gasteiger partial charge in [-0.05, 0) is 26.0 Å². The molecule has 0 saturated carbocycles. The molecule has 1 unspecified atom stereocenters. The van der Waals surface area contributed by atoms with Crippen molar-refractivity contribution in [3.05, 3.63) is 41.6 Å². The number of aryl methyl sites for hydroxylation is 1. The van der Waals surface area contributed by atoms with Gasteiger partial charge >= 0.3 is 5.97 Å². The second-order valence-electron chi connectivity index (χ2n) is 4.76. The number of likely N-dealkylation sites (N-methyl/N-ethyl adjacent to an activating group) is 1. The summed E-state index contributed by atoms with van der Waals surface area (Å²) in [6, 6.07) is 8.14. The second-order valence-corrected chi connectivity index (χ2v) is 4.76. The van der Waals surface area contributed by atoms with Crippen molar-refractivity contribution < 1.29 is 14.7 Å². The summed E-state index contributed by atoms with van der Waals surface area (Å²) in [6.07, 6.45) is 0. The number of hydrogen-bond acceptors (Lipinski definition) is 3. The third kappa shape index (κ3) is 2.47. The Labute approximate surface area is 116 Å². The van der Waals surface area contributed by atoms with Crippen molar-refractivity contribution >= 4 is 22.8 Å². The lowest BCUT2D eigenvalue weighted by atomic mass is 10.1. The summed E-state index contributed by atoms with van der Waals surface area (Å²) in [7, 11) is 1.49. The van der Waals surface area contributed by atoms with Gasteiger partial charge in [0, 0.05) is 18.1 Å². The number of amides is 1. The number of benzene rings is 1. The summed E-state index contributed by atoms with van der Waals surface area (Å²) in [6.45, 7) is 3.29. The Morgan fingerprint density at radius 1 is 1.30 bits per heavy atom. The van der Waals surface area contributed by atoms with Crippen LogP contribution in [0.25, 0.3) is 10.9 Å². The van der Waals surface area contributed by atoms with Gasteiger partial charge < -0.3 is 10.0 Å². The van der Waals surface area contributed by atoms with Gasteiger partial charge in [-0.15, -0.1) is 0 Å². The van der Waals surface area contributed by atoms with Crippen molar-refractivity contribution in [2.24, 2.45) is 0 Å². The maximum atomic E-state index is 12.5. The zero-order chi connectivity index (χ0) is 14.9. The monoisotopic (exact) mass is 272 g/mol. The largest absolute Gasteiger partial charge is 0.480 e. The quantitative estimate of drug-likeness (QED) is 0.928. The second kappa shape index (κ2) is 5.28. The van der Waals surface area contributed by atoms with Crippen LogP contribution in [0.15, 0.2) is 30.3 Å². The number of carboxylic acid groups (broad SMARTS) is 1. The minimum atomic E-state index is -1.03. The first kappa shape index (κ1) is 14.0. The van der Waals surface area contributed by atoms with Gasteiger partial charge in [0.2, 0.25) is 0 Å². The van der Waals surface area contributed by atoms with Crippen LogP contribution in [0.2, 0.25) is 0 Å². The molecular formula is C15H16N2O3. The summed E-state index contributed by atoms with van der Waals surface area (Å²) >= 11 is 0. The number of carbonyl (C=O) groups excluding carboxylic acids is 1. The van der Waals surface area contributed by atoms with E-state index in [4.69, 9.17) is 5.11 Å². The molecule has 1 aromatic heterocycles. The zero-order valence-electron chi connectivity index (χ0n) is 11.6. The Morgan fingerprint density at radius 2 is 1.95 bits per heavy atom. The lowest BCUT2D eigenvalue weighted by Gasteiger charge is -2.22. The van der Waals surface area contributed by atoms with Gasteiger partial charge in [-0.3, -0.25) is 9.78 Å². The standard InChI is InChI=1S/C15H16N2O3/c1-9-8-12(11-6-4-5-7-13(11)16-9)14(18)17(3)10(2)15(19)20/h4-8,10H,1-3H3,(H,19,20). The van der Waals surface area contributed by atoms with E-state index in [-0.39, 0.29) is 5.91 Å². The fourth-order valence-electron chi connectivity index (χ4n) is 2.02. The minimum Gasteiger partial charge on any atom is -0.480 e. The van der Waals surface area contributed by atoms with Crippen molar-refractivity contribution in [1.29, 1.82) is 0 Å². The predicted molar refractivity (Wildman–Crippen MR) is 75.7 cm³/mol. The highest BCUT2D eigenvalue weighted by Gasteiger charge is 2.24. The smallest absolute Gasteiger partial charge is 0.326 e. The molecule has 1 N–H and O–H groups in total. The number of aromatic nitrogens is 1. The molecule has 2 rings (SSSR count). The first-order valence-electron chi connectivity index (χ1n) is 6.28. The molecule has 1 amide bonds. The van der Waals surface area contributed by atoms with Crippen LogP contribution in [0.5, 0.6) is 0 Å². The number of nitrogens with zero attached hydrogens (tertiary/aromatic N) is 2. The van der Waals surface area contributed by atoms with Crippen molar-refractivity contribution in [3.8, 4) is 0 Å². The molecule has 1 atom stereocenters. The normalized spacial score (nSPS) is 12.2. The molecule has 5 heteroatoms. The van der Waals surface area contributed by atoms with Crippen molar-refractivity contribution in [1.82, 2.24) is 9.88 Å². The van der Waals surface area contributed by atoms with Crippen molar-refractivity contribution in [2.75, 3.05) is 7.05 Å². The number of para-hydroxylation sites is 1. The lowest BCUT2D eigenvalue weighted by Crippen LogP contribution is -2.40. The molecule has 0 fully saturated rings. The molecule has 104 valence electrons. The number of carbonyl (C=O) groups is 2. The third-order valence-corrected chi connectivity index (χ3v) is 3.33. The molecule has 5 nitrogen and oxygen atoms in total. The number of pyridine rings is 1. The highest BCUT2D eigenvalue weighted by atomic mass is 16.4. The van der Waals surface area contributed by atoms with Gasteiger partial charge in [0.15, 0.2) is 0 Å².